The topological polar surface area (TPSA) is 80.7 Å². The smallest absolute Gasteiger partial charge is 0.213 e. The fraction of sp³-hybridized carbons (Fsp3) is 0.389. The Balaban J connectivity index is 0.00000338. The molecule has 0 spiro atoms. The summed E-state index contributed by atoms with van der Waals surface area (Å²) in [4.78, 5) is 12.8. The van der Waals surface area contributed by atoms with E-state index in [-0.39, 0.29) is 24.0 Å². The molecule has 0 bridgehead atoms. The van der Waals surface area contributed by atoms with Crippen LogP contribution in [0, 0.1) is 0 Å². The summed E-state index contributed by atoms with van der Waals surface area (Å²) in [6, 6.07) is 9.75. The molecule has 2 N–H and O–H groups in total. The van der Waals surface area contributed by atoms with Crippen molar-refractivity contribution < 1.29 is 9.47 Å². The number of nitrogens with one attached hydrogen (secondary N) is 2. The van der Waals surface area contributed by atoms with Crippen LogP contribution in [0.15, 0.2) is 47.7 Å². The van der Waals surface area contributed by atoms with Gasteiger partial charge in [-0.3, -0.25) is 9.98 Å². The van der Waals surface area contributed by atoms with Gasteiger partial charge in [0.1, 0.15) is 6.61 Å². The minimum atomic E-state index is 0. The van der Waals surface area contributed by atoms with Gasteiger partial charge in [-0.2, -0.15) is 0 Å². The van der Waals surface area contributed by atoms with Crippen molar-refractivity contribution in [3.05, 3.63) is 54.0 Å². The van der Waals surface area contributed by atoms with E-state index in [2.05, 4.69) is 25.6 Å². The van der Waals surface area contributed by atoms with E-state index in [4.69, 9.17) is 9.47 Å². The number of guanidine groups is 1. The predicted octanol–water partition coefficient (Wildman–Crippen LogP) is 2.03. The molecule has 0 aliphatic heterocycles. The molecule has 0 saturated heterocycles. The fourth-order valence-electron chi connectivity index (χ4n) is 2.09. The maximum Gasteiger partial charge on any atom is 0.213 e. The van der Waals surface area contributed by atoms with Gasteiger partial charge in [0.25, 0.3) is 0 Å². The highest BCUT2D eigenvalue weighted by Crippen LogP contribution is 2.07. The monoisotopic (exact) mass is 471 g/mol. The van der Waals surface area contributed by atoms with Gasteiger partial charge in [-0.25, -0.2) is 4.98 Å². The molecule has 0 unspecified atom stereocenters. The van der Waals surface area contributed by atoms with Crippen molar-refractivity contribution in [3.63, 3.8) is 0 Å². The maximum atomic E-state index is 5.44. The molecular weight excluding hydrogens is 445 g/mol. The number of ether oxygens (including phenoxy) is 2. The lowest BCUT2D eigenvalue weighted by molar-refractivity contribution is 0.143. The number of hydrogen-bond donors (Lipinski definition) is 2. The van der Waals surface area contributed by atoms with E-state index in [1.54, 1.807) is 26.6 Å². The molecule has 0 atom stereocenters. The Bertz CT molecular complexity index is 638. The third-order valence-corrected chi connectivity index (χ3v) is 3.42. The quantitative estimate of drug-likeness (QED) is 0.252. The Morgan fingerprint density at radius 2 is 2.00 bits per heavy atom. The number of aromatic nitrogens is 2. The van der Waals surface area contributed by atoms with Gasteiger partial charge >= 0.3 is 0 Å². The minimum absolute atomic E-state index is 0. The lowest BCUT2D eigenvalue weighted by Crippen LogP contribution is -2.37. The molecule has 142 valence electrons. The molecule has 2 aromatic rings. The third kappa shape index (κ3) is 8.43. The second-order valence-corrected chi connectivity index (χ2v) is 5.27. The van der Waals surface area contributed by atoms with E-state index in [9.17, 15) is 0 Å². The highest BCUT2D eigenvalue weighted by molar-refractivity contribution is 14.0. The largest absolute Gasteiger partial charge is 0.475 e. The molecular formula is C18H26IN5O2. The highest BCUT2D eigenvalue weighted by atomic mass is 127. The average Bonchev–Trinajstić information content (AvgIpc) is 2.66. The van der Waals surface area contributed by atoms with Crippen LogP contribution in [0.5, 0.6) is 5.88 Å². The molecule has 8 heteroatoms. The molecule has 0 fully saturated rings. The van der Waals surface area contributed by atoms with Gasteiger partial charge in [0.15, 0.2) is 5.96 Å². The molecule has 26 heavy (non-hydrogen) atoms. The summed E-state index contributed by atoms with van der Waals surface area (Å²) >= 11 is 0. The lowest BCUT2D eigenvalue weighted by Gasteiger charge is -2.12. The molecule has 2 aromatic heterocycles. The summed E-state index contributed by atoms with van der Waals surface area (Å²) < 4.78 is 10.4. The molecule has 0 aromatic carbocycles. The second kappa shape index (κ2) is 13.3. The molecule has 0 aliphatic carbocycles. The van der Waals surface area contributed by atoms with Crippen molar-refractivity contribution in [2.75, 3.05) is 33.9 Å². The number of pyridine rings is 2. The van der Waals surface area contributed by atoms with E-state index in [0.29, 0.717) is 25.6 Å². The van der Waals surface area contributed by atoms with Gasteiger partial charge in [0.2, 0.25) is 5.88 Å². The summed E-state index contributed by atoms with van der Waals surface area (Å²) in [5, 5.41) is 6.54. The van der Waals surface area contributed by atoms with Crippen LogP contribution < -0.4 is 15.4 Å². The van der Waals surface area contributed by atoms with Crippen molar-refractivity contribution in [3.8, 4) is 5.88 Å². The van der Waals surface area contributed by atoms with Gasteiger partial charge in [0.05, 0.1) is 6.61 Å². The van der Waals surface area contributed by atoms with Crippen molar-refractivity contribution in [2.24, 2.45) is 4.99 Å². The van der Waals surface area contributed by atoms with E-state index in [1.165, 1.54) is 0 Å². The number of hydrogen-bond acceptors (Lipinski definition) is 5. The van der Waals surface area contributed by atoms with Gasteiger partial charge in [-0.05, 0) is 17.7 Å². The standard InChI is InChI=1S/C18H25N5O2.HI/c1-19-18(21-10-8-16-5-3-4-9-20-16)23-14-15-6-7-17(22-13-15)25-12-11-24-2;/h3-7,9,13H,8,10-12,14H2,1-2H3,(H2,19,21,23);1H. The number of nitrogens with zero attached hydrogens (tertiary/aromatic N) is 3. The van der Waals surface area contributed by atoms with Crippen LogP contribution in [0.25, 0.3) is 0 Å². The van der Waals surface area contributed by atoms with Crippen LogP contribution in [0.4, 0.5) is 0 Å². The number of aliphatic imine (C=N–C) groups is 1. The van der Waals surface area contributed by atoms with Gasteiger partial charge in [-0.1, -0.05) is 12.1 Å². The van der Waals surface area contributed by atoms with Gasteiger partial charge < -0.3 is 20.1 Å². The van der Waals surface area contributed by atoms with Crippen molar-refractivity contribution in [2.45, 2.75) is 13.0 Å². The van der Waals surface area contributed by atoms with Crippen LogP contribution in [-0.4, -0.2) is 49.8 Å². The van der Waals surface area contributed by atoms with Crippen molar-refractivity contribution in [1.82, 2.24) is 20.6 Å². The SMILES string of the molecule is CN=C(NCCc1ccccn1)NCc1ccc(OCCOC)nc1.I. The van der Waals surface area contributed by atoms with Crippen molar-refractivity contribution in [1.29, 1.82) is 0 Å². The summed E-state index contributed by atoms with van der Waals surface area (Å²) in [5.74, 6) is 1.34. The Kier molecular flexibility index (Phi) is 11.3. The van der Waals surface area contributed by atoms with Gasteiger partial charge in [-0.15, -0.1) is 24.0 Å². The molecule has 0 saturated carbocycles. The van der Waals surface area contributed by atoms with E-state index >= 15 is 0 Å². The first-order valence-electron chi connectivity index (χ1n) is 8.23. The zero-order chi connectivity index (χ0) is 17.7. The molecule has 2 heterocycles. The first-order chi connectivity index (χ1) is 12.3. The van der Waals surface area contributed by atoms with E-state index < -0.39 is 0 Å². The fourth-order valence-corrected chi connectivity index (χ4v) is 2.09. The van der Waals surface area contributed by atoms with Crippen LogP contribution in [0.2, 0.25) is 0 Å². The lowest BCUT2D eigenvalue weighted by atomic mass is 10.3. The Morgan fingerprint density at radius 3 is 2.65 bits per heavy atom. The first-order valence-corrected chi connectivity index (χ1v) is 8.23. The molecule has 7 nitrogen and oxygen atoms in total. The Labute approximate surface area is 171 Å². The van der Waals surface area contributed by atoms with Crippen LogP contribution in [-0.2, 0) is 17.7 Å². The van der Waals surface area contributed by atoms with E-state index in [1.807, 2.05) is 30.3 Å². The summed E-state index contributed by atoms with van der Waals surface area (Å²) in [6.07, 6.45) is 4.44. The van der Waals surface area contributed by atoms with Gasteiger partial charge in [0, 0.05) is 57.8 Å². The van der Waals surface area contributed by atoms with Crippen LogP contribution >= 0.6 is 24.0 Å². The first kappa shape index (κ1) is 22.1. The van der Waals surface area contributed by atoms with Crippen LogP contribution in [0.1, 0.15) is 11.3 Å². The van der Waals surface area contributed by atoms with Crippen molar-refractivity contribution >= 4 is 29.9 Å². The zero-order valence-corrected chi connectivity index (χ0v) is 17.5. The summed E-state index contributed by atoms with van der Waals surface area (Å²) in [6.45, 7) is 2.44. The third-order valence-electron chi connectivity index (χ3n) is 3.42. The highest BCUT2D eigenvalue weighted by Gasteiger charge is 2.01. The number of methoxy groups -OCH3 is 1. The normalized spacial score (nSPS) is 10.8. The molecule has 0 aliphatic rings. The summed E-state index contributed by atoms with van der Waals surface area (Å²) in [5.41, 5.74) is 2.10. The maximum absolute atomic E-state index is 5.44. The Morgan fingerprint density at radius 1 is 1.12 bits per heavy atom. The molecule has 0 radical (unpaired) electrons. The van der Waals surface area contributed by atoms with E-state index in [0.717, 1.165) is 30.2 Å². The van der Waals surface area contributed by atoms with Crippen LogP contribution in [0.3, 0.4) is 0 Å². The number of rotatable bonds is 9. The second-order valence-electron chi connectivity index (χ2n) is 5.27. The molecule has 2 rings (SSSR count). The predicted molar refractivity (Wildman–Crippen MR) is 113 cm³/mol. The Hall–Kier alpha value is -1.94. The average molecular weight is 471 g/mol. The minimum Gasteiger partial charge on any atom is -0.475 e. The molecule has 0 amide bonds. The number of halogens is 1. The zero-order valence-electron chi connectivity index (χ0n) is 15.1. The summed E-state index contributed by atoms with van der Waals surface area (Å²) in [7, 11) is 3.39.